The van der Waals surface area contributed by atoms with Crippen molar-refractivity contribution >= 4 is 5.96 Å². The third kappa shape index (κ3) is 2.62. The molecular weight excluding hydrogens is 324 g/mol. The van der Waals surface area contributed by atoms with Gasteiger partial charge in [-0.25, -0.2) is 0 Å². The Morgan fingerprint density at radius 2 is 2.04 bits per heavy atom. The molecule has 3 heterocycles. The lowest BCUT2D eigenvalue weighted by molar-refractivity contribution is -0.125. The van der Waals surface area contributed by atoms with E-state index in [1.807, 2.05) is 0 Å². The van der Waals surface area contributed by atoms with Crippen LogP contribution in [-0.2, 0) is 4.74 Å². The van der Waals surface area contributed by atoms with Crippen LogP contribution in [0, 0.1) is 11.3 Å². The number of ether oxygens (including phenoxy) is 1. The van der Waals surface area contributed by atoms with Crippen molar-refractivity contribution in [2.24, 2.45) is 16.3 Å². The zero-order valence-electron chi connectivity index (χ0n) is 16.2. The Balaban J connectivity index is 1.28. The first kappa shape index (κ1) is 17.1. The summed E-state index contributed by atoms with van der Waals surface area (Å²) < 4.78 is 6.16. The van der Waals surface area contributed by atoms with Gasteiger partial charge in [-0.15, -0.1) is 0 Å². The lowest BCUT2D eigenvalue weighted by atomic mass is 9.54. The maximum absolute atomic E-state index is 6.16. The minimum Gasteiger partial charge on any atom is -0.377 e. The number of hydrogen-bond donors (Lipinski definition) is 1. The van der Waals surface area contributed by atoms with Crippen LogP contribution in [0.4, 0.5) is 0 Å². The molecule has 1 N–H and O–H groups in total. The Labute approximate surface area is 157 Å². The molecule has 4 fully saturated rings. The van der Waals surface area contributed by atoms with Gasteiger partial charge in [0.25, 0.3) is 0 Å². The second kappa shape index (κ2) is 6.83. The first-order valence-electron chi connectivity index (χ1n) is 10.9. The van der Waals surface area contributed by atoms with Crippen LogP contribution in [0.2, 0.25) is 0 Å². The number of guanidine groups is 1. The molecule has 0 radical (unpaired) electrons. The van der Waals surface area contributed by atoms with Crippen molar-refractivity contribution in [1.82, 2.24) is 15.1 Å². The number of nitrogens with zero attached hydrogens (tertiary/aromatic N) is 3. The van der Waals surface area contributed by atoms with E-state index < -0.39 is 0 Å². The van der Waals surface area contributed by atoms with E-state index in [2.05, 4.69) is 34.2 Å². The fourth-order valence-electron chi connectivity index (χ4n) is 6.45. The Hall–Kier alpha value is -1.07. The van der Waals surface area contributed by atoms with Crippen LogP contribution in [0.15, 0.2) is 17.1 Å². The van der Waals surface area contributed by atoms with Crippen molar-refractivity contribution in [2.45, 2.75) is 63.6 Å². The molecule has 26 heavy (non-hydrogen) atoms. The van der Waals surface area contributed by atoms with E-state index in [0.717, 1.165) is 39.3 Å². The monoisotopic (exact) mass is 358 g/mol. The minimum atomic E-state index is 0.397. The summed E-state index contributed by atoms with van der Waals surface area (Å²) >= 11 is 0. The van der Waals surface area contributed by atoms with Gasteiger partial charge < -0.3 is 15.0 Å². The van der Waals surface area contributed by atoms with E-state index in [-0.39, 0.29) is 0 Å². The summed E-state index contributed by atoms with van der Waals surface area (Å²) in [5, 5.41) is 3.97. The molecule has 4 atom stereocenters. The molecule has 5 nitrogen and oxygen atoms in total. The van der Waals surface area contributed by atoms with Gasteiger partial charge in [-0.2, -0.15) is 0 Å². The van der Waals surface area contributed by atoms with E-state index in [9.17, 15) is 0 Å². The van der Waals surface area contributed by atoms with Crippen LogP contribution >= 0.6 is 0 Å². The first-order chi connectivity index (χ1) is 12.8. The van der Waals surface area contributed by atoms with Gasteiger partial charge in [-0.1, -0.05) is 25.0 Å². The van der Waals surface area contributed by atoms with E-state index in [0.29, 0.717) is 29.5 Å². The topological polar surface area (TPSA) is 40.1 Å². The molecule has 0 aromatic heterocycles. The summed E-state index contributed by atoms with van der Waals surface area (Å²) in [4.78, 5) is 10.0. The van der Waals surface area contributed by atoms with Crippen LogP contribution in [0.3, 0.4) is 0 Å². The Kier molecular flexibility index (Phi) is 4.48. The predicted octanol–water partition coefficient (Wildman–Crippen LogP) is 2.25. The molecule has 5 rings (SSSR count). The van der Waals surface area contributed by atoms with Crippen molar-refractivity contribution in [2.75, 3.05) is 39.3 Å². The van der Waals surface area contributed by atoms with Crippen LogP contribution in [-0.4, -0.2) is 73.3 Å². The van der Waals surface area contributed by atoms with Crippen molar-refractivity contribution in [3.05, 3.63) is 12.2 Å². The summed E-state index contributed by atoms with van der Waals surface area (Å²) in [5.74, 6) is 1.88. The second-order valence-electron chi connectivity index (χ2n) is 8.92. The standard InChI is InChI=1S/C21H34N4O/c1-2-22-20(25-13-7-16(15-25)24-11-5-6-12-24)23-18-17-8-14-26-19(17)21(18)9-3-4-10-21/h5-6,16-19H,2-4,7-15H2,1H3,(H,22,23). The maximum Gasteiger partial charge on any atom is 0.194 e. The number of aliphatic imine (C=N–C) groups is 1. The summed E-state index contributed by atoms with van der Waals surface area (Å²) in [6, 6.07) is 1.26. The van der Waals surface area contributed by atoms with E-state index in [1.54, 1.807) is 0 Å². The maximum atomic E-state index is 6.16. The summed E-state index contributed by atoms with van der Waals surface area (Å²) in [7, 11) is 0. The van der Waals surface area contributed by atoms with Crippen molar-refractivity contribution in [3.63, 3.8) is 0 Å². The number of hydrogen-bond acceptors (Lipinski definition) is 3. The largest absolute Gasteiger partial charge is 0.377 e. The molecule has 144 valence electrons. The van der Waals surface area contributed by atoms with Crippen molar-refractivity contribution in [1.29, 1.82) is 0 Å². The predicted molar refractivity (Wildman–Crippen MR) is 104 cm³/mol. The molecule has 0 bridgehead atoms. The van der Waals surface area contributed by atoms with E-state index in [1.165, 1.54) is 44.5 Å². The lowest BCUT2D eigenvalue weighted by Gasteiger charge is -2.57. The molecule has 0 amide bonds. The molecule has 5 aliphatic rings. The fourth-order valence-corrected chi connectivity index (χ4v) is 6.45. The Morgan fingerprint density at radius 3 is 2.81 bits per heavy atom. The average Bonchev–Trinajstić information content (AvgIpc) is 3.44. The highest BCUT2D eigenvalue weighted by molar-refractivity contribution is 5.81. The number of rotatable bonds is 3. The van der Waals surface area contributed by atoms with E-state index in [4.69, 9.17) is 9.73 Å². The van der Waals surface area contributed by atoms with Crippen LogP contribution < -0.4 is 5.32 Å². The smallest absolute Gasteiger partial charge is 0.194 e. The fraction of sp³-hybridized carbons (Fsp3) is 0.857. The average molecular weight is 359 g/mol. The van der Waals surface area contributed by atoms with Gasteiger partial charge in [-0.3, -0.25) is 9.89 Å². The molecule has 0 aromatic carbocycles. The lowest BCUT2D eigenvalue weighted by Crippen LogP contribution is -2.69. The van der Waals surface area contributed by atoms with Gasteiger partial charge in [0.1, 0.15) is 0 Å². The highest BCUT2D eigenvalue weighted by Gasteiger charge is 2.65. The SMILES string of the molecule is CCN=C(NC1C2CCOC2C12CCCC2)N1CCC(N2CC=CC2)C1. The molecule has 2 aliphatic carbocycles. The van der Waals surface area contributed by atoms with Gasteiger partial charge in [0.05, 0.1) is 6.10 Å². The quantitative estimate of drug-likeness (QED) is 0.477. The Bertz CT molecular complexity index is 575. The van der Waals surface area contributed by atoms with Gasteiger partial charge in [0.2, 0.25) is 0 Å². The third-order valence-electron chi connectivity index (χ3n) is 7.70. The second-order valence-corrected chi connectivity index (χ2v) is 8.92. The summed E-state index contributed by atoms with van der Waals surface area (Å²) in [6.45, 7) is 8.49. The molecule has 3 aliphatic heterocycles. The summed E-state index contributed by atoms with van der Waals surface area (Å²) in [5.41, 5.74) is 0.397. The van der Waals surface area contributed by atoms with Crippen molar-refractivity contribution < 1.29 is 4.74 Å². The van der Waals surface area contributed by atoms with Gasteiger partial charge in [-0.05, 0) is 32.6 Å². The number of nitrogens with one attached hydrogen (secondary N) is 1. The van der Waals surface area contributed by atoms with Crippen molar-refractivity contribution in [3.8, 4) is 0 Å². The van der Waals surface area contributed by atoms with E-state index >= 15 is 0 Å². The zero-order valence-corrected chi connectivity index (χ0v) is 16.2. The van der Waals surface area contributed by atoms with Crippen LogP contribution in [0.25, 0.3) is 0 Å². The Morgan fingerprint density at radius 1 is 1.23 bits per heavy atom. The zero-order chi connectivity index (χ0) is 17.6. The van der Waals surface area contributed by atoms with Crippen LogP contribution in [0.1, 0.15) is 45.4 Å². The number of fused-ring (bicyclic) bond motifs is 2. The molecule has 5 heteroatoms. The normalized spacial score (nSPS) is 39.0. The molecule has 2 saturated heterocycles. The van der Waals surface area contributed by atoms with Gasteiger partial charge >= 0.3 is 0 Å². The van der Waals surface area contributed by atoms with Gasteiger partial charge in [0.15, 0.2) is 5.96 Å². The first-order valence-corrected chi connectivity index (χ1v) is 10.9. The molecule has 0 aromatic rings. The molecule has 4 unspecified atom stereocenters. The molecular formula is C21H34N4O. The highest BCUT2D eigenvalue weighted by Crippen LogP contribution is 2.60. The molecule has 1 spiro atoms. The number of likely N-dealkylation sites (tertiary alicyclic amines) is 1. The third-order valence-corrected chi connectivity index (χ3v) is 7.70. The summed E-state index contributed by atoms with van der Waals surface area (Å²) in [6.07, 6.45) is 13.1. The van der Waals surface area contributed by atoms with Gasteiger partial charge in [0, 0.05) is 62.7 Å². The minimum absolute atomic E-state index is 0.397. The van der Waals surface area contributed by atoms with Crippen LogP contribution in [0.5, 0.6) is 0 Å². The highest BCUT2D eigenvalue weighted by atomic mass is 16.5. The molecule has 2 saturated carbocycles.